The topological polar surface area (TPSA) is 51.1 Å². The lowest BCUT2D eigenvalue weighted by atomic mass is 10.2. The Bertz CT molecular complexity index is 520. The number of rotatable bonds is 3. The molecular formula is C9H8F2N4OS. The number of aromatic nitrogens is 3. The first-order valence-corrected chi connectivity index (χ1v) is 5.32. The Kier molecular flexibility index (Phi) is 3.14. The van der Waals surface area contributed by atoms with Gasteiger partial charge in [0.15, 0.2) is 17.4 Å². The van der Waals surface area contributed by atoms with E-state index in [-0.39, 0.29) is 11.4 Å². The van der Waals surface area contributed by atoms with Crippen molar-refractivity contribution in [3.05, 3.63) is 23.8 Å². The number of hydrogen-bond acceptors (Lipinski definition) is 6. The van der Waals surface area contributed by atoms with Gasteiger partial charge >= 0.3 is 0 Å². The van der Waals surface area contributed by atoms with E-state index in [1.54, 1.807) is 7.05 Å². The molecule has 1 aromatic heterocycles. The molecule has 0 aliphatic heterocycles. The molecule has 0 saturated carbocycles. The van der Waals surface area contributed by atoms with Crippen LogP contribution < -0.4 is 9.64 Å². The molecule has 1 aromatic carbocycles. The summed E-state index contributed by atoms with van der Waals surface area (Å²) in [4.78, 5) is 1.36. The number of benzene rings is 1. The second kappa shape index (κ2) is 4.58. The largest absolute Gasteiger partial charge is 0.494 e. The number of hydrogen-bond donors (Lipinski definition) is 0. The van der Waals surface area contributed by atoms with Gasteiger partial charge in [0.05, 0.1) is 12.8 Å². The minimum Gasteiger partial charge on any atom is -0.494 e. The van der Waals surface area contributed by atoms with Gasteiger partial charge in [-0.15, -0.1) is 0 Å². The molecule has 0 radical (unpaired) electrons. The molecule has 2 rings (SSSR count). The van der Waals surface area contributed by atoms with Crippen LogP contribution in [0.3, 0.4) is 0 Å². The van der Waals surface area contributed by atoms with Gasteiger partial charge in [0.2, 0.25) is 5.13 Å². The molecule has 0 fully saturated rings. The highest BCUT2D eigenvalue weighted by atomic mass is 32.1. The lowest BCUT2D eigenvalue weighted by Crippen LogP contribution is -2.11. The maximum Gasteiger partial charge on any atom is 0.232 e. The normalized spacial score (nSPS) is 10.4. The van der Waals surface area contributed by atoms with E-state index in [0.717, 1.165) is 23.7 Å². The van der Waals surface area contributed by atoms with Crippen molar-refractivity contribution >= 4 is 22.4 Å². The summed E-state index contributed by atoms with van der Waals surface area (Å²) in [5.74, 6) is -1.40. The van der Waals surface area contributed by atoms with Crippen LogP contribution in [0.4, 0.5) is 19.6 Å². The molecule has 1 heterocycles. The van der Waals surface area contributed by atoms with Gasteiger partial charge in [-0.1, -0.05) is 9.59 Å². The average Bonchev–Trinajstić information content (AvgIpc) is 2.84. The van der Waals surface area contributed by atoms with Gasteiger partial charge in [0.1, 0.15) is 0 Å². The molecule has 0 amide bonds. The first kappa shape index (κ1) is 11.6. The third-order valence-corrected chi connectivity index (χ3v) is 2.83. The number of anilines is 2. The molecule has 0 aliphatic rings. The van der Waals surface area contributed by atoms with Gasteiger partial charge in [-0.25, -0.2) is 8.78 Å². The van der Waals surface area contributed by atoms with Crippen molar-refractivity contribution in [2.75, 3.05) is 19.1 Å². The van der Waals surface area contributed by atoms with E-state index in [9.17, 15) is 8.78 Å². The summed E-state index contributed by atoms with van der Waals surface area (Å²) < 4.78 is 35.4. The smallest absolute Gasteiger partial charge is 0.232 e. The minimum absolute atomic E-state index is 0.0434. The van der Waals surface area contributed by atoms with Crippen molar-refractivity contribution in [2.24, 2.45) is 0 Å². The standard InChI is InChI=1S/C9H8F2N4OS/c1-15(9-12-13-14-17-9)7-3-6(11)8(16-2)4-5(7)10/h3-4H,1-2H3. The Labute approximate surface area is 99.8 Å². The average molecular weight is 258 g/mol. The van der Waals surface area contributed by atoms with Crippen LogP contribution in [-0.4, -0.2) is 29.0 Å². The highest BCUT2D eigenvalue weighted by Crippen LogP contribution is 2.30. The van der Waals surface area contributed by atoms with Crippen LogP contribution >= 0.6 is 11.5 Å². The van der Waals surface area contributed by atoms with E-state index in [4.69, 9.17) is 0 Å². The van der Waals surface area contributed by atoms with Gasteiger partial charge in [-0.2, -0.15) is 0 Å². The van der Waals surface area contributed by atoms with Crippen molar-refractivity contribution in [3.8, 4) is 5.75 Å². The van der Waals surface area contributed by atoms with E-state index in [1.165, 1.54) is 12.0 Å². The van der Waals surface area contributed by atoms with Crippen molar-refractivity contribution in [3.63, 3.8) is 0 Å². The first-order valence-electron chi connectivity index (χ1n) is 4.55. The molecule has 0 spiro atoms. The highest BCUT2D eigenvalue weighted by Gasteiger charge is 2.16. The zero-order valence-electron chi connectivity index (χ0n) is 9.02. The summed E-state index contributed by atoms with van der Waals surface area (Å²) in [6.45, 7) is 0. The summed E-state index contributed by atoms with van der Waals surface area (Å²) in [6.07, 6.45) is 0. The van der Waals surface area contributed by atoms with Crippen molar-refractivity contribution < 1.29 is 13.5 Å². The van der Waals surface area contributed by atoms with E-state index in [1.807, 2.05) is 0 Å². The fourth-order valence-electron chi connectivity index (χ4n) is 1.29. The lowest BCUT2D eigenvalue weighted by molar-refractivity contribution is 0.383. The highest BCUT2D eigenvalue weighted by molar-refractivity contribution is 7.09. The summed E-state index contributed by atoms with van der Waals surface area (Å²) in [7, 11) is 2.82. The summed E-state index contributed by atoms with van der Waals surface area (Å²) in [6, 6.07) is 2.02. The Morgan fingerprint density at radius 2 is 2.06 bits per heavy atom. The zero-order chi connectivity index (χ0) is 12.4. The molecule has 0 unspecified atom stereocenters. The van der Waals surface area contributed by atoms with Crippen LogP contribution in [0.2, 0.25) is 0 Å². The van der Waals surface area contributed by atoms with E-state index in [0.29, 0.717) is 5.13 Å². The van der Waals surface area contributed by atoms with E-state index < -0.39 is 11.6 Å². The third-order valence-electron chi connectivity index (χ3n) is 2.16. The van der Waals surface area contributed by atoms with Crippen LogP contribution in [0.1, 0.15) is 0 Å². The Morgan fingerprint density at radius 3 is 2.65 bits per heavy atom. The van der Waals surface area contributed by atoms with Crippen LogP contribution in [0.5, 0.6) is 5.75 Å². The van der Waals surface area contributed by atoms with Crippen LogP contribution in [0.15, 0.2) is 12.1 Å². The van der Waals surface area contributed by atoms with Gasteiger partial charge < -0.3 is 9.64 Å². The van der Waals surface area contributed by atoms with Gasteiger partial charge in [-0.3, -0.25) is 0 Å². The Hall–Kier alpha value is -1.83. The predicted molar refractivity (Wildman–Crippen MR) is 58.7 cm³/mol. The molecule has 0 saturated heterocycles. The van der Waals surface area contributed by atoms with Gasteiger partial charge in [0.25, 0.3) is 0 Å². The zero-order valence-corrected chi connectivity index (χ0v) is 9.83. The summed E-state index contributed by atoms with van der Waals surface area (Å²) >= 11 is 0.984. The van der Waals surface area contributed by atoms with Gasteiger partial charge in [-0.05, 0) is 5.21 Å². The molecular weight excluding hydrogens is 250 g/mol. The van der Waals surface area contributed by atoms with E-state index in [2.05, 4.69) is 19.5 Å². The molecule has 17 heavy (non-hydrogen) atoms. The molecule has 5 nitrogen and oxygen atoms in total. The molecule has 2 aromatic rings. The Balaban J connectivity index is 2.42. The molecule has 90 valence electrons. The second-order valence-corrected chi connectivity index (χ2v) is 3.85. The number of halogens is 2. The number of ether oxygens (including phenoxy) is 1. The number of nitrogens with zero attached hydrogens (tertiary/aromatic N) is 4. The predicted octanol–water partition coefficient (Wildman–Crippen LogP) is 1.99. The second-order valence-electron chi connectivity index (χ2n) is 3.14. The molecule has 0 aliphatic carbocycles. The van der Waals surface area contributed by atoms with Crippen molar-refractivity contribution in [1.82, 2.24) is 14.8 Å². The fourth-order valence-corrected chi connectivity index (χ4v) is 1.73. The minimum atomic E-state index is -0.645. The van der Waals surface area contributed by atoms with Crippen LogP contribution in [0.25, 0.3) is 0 Å². The maximum atomic E-state index is 13.7. The molecule has 8 heteroatoms. The molecule has 0 bridgehead atoms. The SMILES string of the molecule is COc1cc(F)c(N(C)c2nnns2)cc1F. The van der Waals surface area contributed by atoms with Crippen LogP contribution in [0, 0.1) is 11.6 Å². The number of methoxy groups -OCH3 is 1. The quantitative estimate of drug-likeness (QED) is 0.842. The molecule has 0 N–H and O–H groups in total. The summed E-state index contributed by atoms with van der Waals surface area (Å²) in [5.41, 5.74) is 0.0434. The lowest BCUT2D eigenvalue weighted by Gasteiger charge is -2.16. The third kappa shape index (κ3) is 2.16. The first-order chi connectivity index (χ1) is 8.13. The molecule has 0 atom stereocenters. The summed E-state index contributed by atoms with van der Waals surface area (Å²) in [5, 5.41) is 7.43. The van der Waals surface area contributed by atoms with Crippen LogP contribution in [-0.2, 0) is 0 Å². The van der Waals surface area contributed by atoms with Crippen molar-refractivity contribution in [2.45, 2.75) is 0 Å². The monoisotopic (exact) mass is 258 g/mol. The van der Waals surface area contributed by atoms with Gasteiger partial charge in [0, 0.05) is 30.7 Å². The maximum absolute atomic E-state index is 13.7. The van der Waals surface area contributed by atoms with E-state index >= 15 is 0 Å². The van der Waals surface area contributed by atoms with Crippen molar-refractivity contribution in [1.29, 1.82) is 0 Å². The Morgan fingerprint density at radius 1 is 1.29 bits per heavy atom. The fraction of sp³-hybridized carbons (Fsp3) is 0.222.